The summed E-state index contributed by atoms with van der Waals surface area (Å²) in [5, 5.41) is 0. The van der Waals surface area contributed by atoms with Gasteiger partial charge in [-0.25, -0.2) is 0 Å². The van der Waals surface area contributed by atoms with Crippen LogP contribution >= 0.6 is 11.3 Å². The second-order valence-corrected chi connectivity index (χ2v) is 5.59. The standard InChI is InChI=1S/C14H22O2S/c1-3-4-5-6-7-10-16-11-13(15)14-9-8-12(2)17-14/h8-9H,3-7,10-11H2,1-2H3. The van der Waals surface area contributed by atoms with E-state index in [1.54, 1.807) is 11.3 Å². The number of thiophene rings is 1. The van der Waals surface area contributed by atoms with Gasteiger partial charge in [0.25, 0.3) is 0 Å². The molecule has 0 aromatic carbocycles. The molecule has 96 valence electrons. The monoisotopic (exact) mass is 254 g/mol. The fraction of sp³-hybridized carbons (Fsp3) is 0.643. The Labute approximate surface area is 108 Å². The van der Waals surface area contributed by atoms with Crippen molar-refractivity contribution in [1.82, 2.24) is 0 Å². The highest BCUT2D eigenvalue weighted by molar-refractivity contribution is 7.14. The number of carbonyl (C=O) groups excluding carboxylic acids is 1. The minimum Gasteiger partial charge on any atom is -0.373 e. The molecule has 0 fully saturated rings. The van der Waals surface area contributed by atoms with Gasteiger partial charge in [-0.2, -0.15) is 0 Å². The van der Waals surface area contributed by atoms with E-state index >= 15 is 0 Å². The molecule has 0 spiro atoms. The maximum Gasteiger partial charge on any atom is 0.198 e. The minimum atomic E-state index is 0.108. The summed E-state index contributed by atoms with van der Waals surface area (Å²) in [6, 6.07) is 3.86. The third kappa shape index (κ3) is 5.99. The molecule has 0 unspecified atom stereocenters. The summed E-state index contributed by atoms with van der Waals surface area (Å²) >= 11 is 1.54. The maximum atomic E-state index is 11.7. The van der Waals surface area contributed by atoms with E-state index in [0.29, 0.717) is 6.61 Å². The molecule has 0 saturated heterocycles. The summed E-state index contributed by atoms with van der Waals surface area (Å²) < 4.78 is 5.40. The fourth-order valence-electron chi connectivity index (χ4n) is 1.63. The Hall–Kier alpha value is -0.670. The van der Waals surface area contributed by atoms with Gasteiger partial charge in [0.1, 0.15) is 6.61 Å². The predicted octanol–water partition coefficient (Wildman–Crippen LogP) is 4.23. The Kier molecular flexibility index (Phi) is 7.13. The van der Waals surface area contributed by atoms with Crippen LogP contribution in [-0.4, -0.2) is 19.0 Å². The number of aryl methyl sites for hydroxylation is 1. The van der Waals surface area contributed by atoms with E-state index in [9.17, 15) is 4.79 Å². The zero-order valence-electron chi connectivity index (χ0n) is 10.8. The van der Waals surface area contributed by atoms with Gasteiger partial charge >= 0.3 is 0 Å². The number of ketones is 1. The number of ether oxygens (including phenoxy) is 1. The van der Waals surface area contributed by atoms with Gasteiger partial charge < -0.3 is 4.74 Å². The molecule has 1 rings (SSSR count). The van der Waals surface area contributed by atoms with E-state index in [4.69, 9.17) is 4.74 Å². The molecule has 0 aliphatic heterocycles. The lowest BCUT2D eigenvalue weighted by Crippen LogP contribution is -2.08. The van der Waals surface area contributed by atoms with Gasteiger partial charge in [0, 0.05) is 11.5 Å². The van der Waals surface area contributed by atoms with Crippen LogP contribution in [0.2, 0.25) is 0 Å². The molecule has 0 N–H and O–H groups in total. The predicted molar refractivity (Wildman–Crippen MR) is 73.0 cm³/mol. The van der Waals surface area contributed by atoms with Gasteiger partial charge in [0.15, 0.2) is 5.78 Å². The normalized spacial score (nSPS) is 10.7. The minimum absolute atomic E-state index is 0.108. The molecule has 1 heterocycles. The Bertz CT molecular complexity index is 331. The quantitative estimate of drug-likeness (QED) is 0.487. The topological polar surface area (TPSA) is 26.3 Å². The number of unbranched alkanes of at least 4 members (excludes halogenated alkanes) is 4. The molecular weight excluding hydrogens is 232 g/mol. The Morgan fingerprint density at radius 3 is 2.65 bits per heavy atom. The van der Waals surface area contributed by atoms with Crippen molar-refractivity contribution >= 4 is 17.1 Å². The average Bonchev–Trinajstić information content (AvgIpc) is 2.74. The van der Waals surface area contributed by atoms with E-state index in [2.05, 4.69) is 6.92 Å². The zero-order valence-corrected chi connectivity index (χ0v) is 11.6. The third-order valence-electron chi connectivity index (χ3n) is 2.64. The van der Waals surface area contributed by atoms with E-state index in [-0.39, 0.29) is 12.4 Å². The lowest BCUT2D eigenvalue weighted by Gasteiger charge is -2.02. The molecule has 0 bridgehead atoms. The highest BCUT2D eigenvalue weighted by Crippen LogP contribution is 2.15. The largest absolute Gasteiger partial charge is 0.373 e. The molecule has 0 aliphatic carbocycles. The van der Waals surface area contributed by atoms with Gasteiger partial charge in [-0.3, -0.25) is 4.79 Å². The molecule has 3 heteroatoms. The van der Waals surface area contributed by atoms with Crippen LogP contribution in [0.15, 0.2) is 12.1 Å². The van der Waals surface area contributed by atoms with E-state index in [0.717, 1.165) is 11.3 Å². The second-order valence-electron chi connectivity index (χ2n) is 4.30. The van der Waals surface area contributed by atoms with Crippen LogP contribution in [0.25, 0.3) is 0 Å². The molecule has 1 aromatic heterocycles. The summed E-state index contributed by atoms with van der Waals surface area (Å²) in [7, 11) is 0. The SMILES string of the molecule is CCCCCCCOCC(=O)c1ccc(C)s1. The van der Waals surface area contributed by atoms with Gasteiger partial charge in [-0.1, -0.05) is 32.6 Å². The molecule has 17 heavy (non-hydrogen) atoms. The van der Waals surface area contributed by atoms with Crippen molar-refractivity contribution in [1.29, 1.82) is 0 Å². The number of hydrogen-bond donors (Lipinski definition) is 0. The van der Waals surface area contributed by atoms with E-state index in [1.807, 2.05) is 19.1 Å². The summed E-state index contributed by atoms with van der Waals surface area (Å²) in [6.07, 6.45) is 6.11. The van der Waals surface area contributed by atoms with Crippen LogP contribution in [0.4, 0.5) is 0 Å². The first kappa shape index (κ1) is 14.4. The van der Waals surface area contributed by atoms with Crippen molar-refractivity contribution in [2.45, 2.75) is 46.0 Å². The van der Waals surface area contributed by atoms with Crippen LogP contribution in [0, 0.1) is 6.92 Å². The molecule has 0 aliphatic rings. The first-order chi connectivity index (χ1) is 8.24. The van der Waals surface area contributed by atoms with Crippen LogP contribution in [0.5, 0.6) is 0 Å². The molecule has 2 nitrogen and oxygen atoms in total. The Morgan fingerprint density at radius 2 is 2.00 bits per heavy atom. The van der Waals surface area contributed by atoms with Crippen molar-refractivity contribution in [2.75, 3.05) is 13.2 Å². The van der Waals surface area contributed by atoms with Gasteiger partial charge in [-0.15, -0.1) is 11.3 Å². The summed E-state index contributed by atoms with van der Waals surface area (Å²) in [6.45, 7) is 5.15. The number of carbonyl (C=O) groups is 1. The van der Waals surface area contributed by atoms with Crippen molar-refractivity contribution in [3.63, 3.8) is 0 Å². The molecular formula is C14H22O2S. The summed E-state index contributed by atoms with van der Waals surface area (Å²) in [5.41, 5.74) is 0. The number of rotatable bonds is 9. The highest BCUT2D eigenvalue weighted by Gasteiger charge is 2.07. The molecule has 0 atom stereocenters. The van der Waals surface area contributed by atoms with Crippen LogP contribution in [0.1, 0.15) is 53.6 Å². The second kappa shape index (κ2) is 8.43. The highest BCUT2D eigenvalue weighted by atomic mass is 32.1. The van der Waals surface area contributed by atoms with Crippen molar-refractivity contribution in [3.8, 4) is 0 Å². The van der Waals surface area contributed by atoms with Crippen LogP contribution < -0.4 is 0 Å². The lowest BCUT2D eigenvalue weighted by atomic mass is 10.2. The third-order valence-corrected chi connectivity index (χ3v) is 3.68. The zero-order chi connectivity index (χ0) is 12.5. The smallest absolute Gasteiger partial charge is 0.198 e. The summed E-state index contributed by atoms with van der Waals surface area (Å²) in [4.78, 5) is 13.7. The van der Waals surface area contributed by atoms with Crippen molar-refractivity contribution in [3.05, 3.63) is 21.9 Å². The summed E-state index contributed by atoms with van der Waals surface area (Å²) in [5.74, 6) is 0.108. The average molecular weight is 254 g/mol. The number of hydrogen-bond acceptors (Lipinski definition) is 3. The molecule has 0 saturated carbocycles. The van der Waals surface area contributed by atoms with Gasteiger partial charge in [0.05, 0.1) is 4.88 Å². The van der Waals surface area contributed by atoms with Crippen LogP contribution in [-0.2, 0) is 4.74 Å². The van der Waals surface area contributed by atoms with E-state index in [1.165, 1.54) is 30.6 Å². The first-order valence-electron chi connectivity index (χ1n) is 6.41. The number of Topliss-reactive ketones (excluding diaryl/α,β-unsaturated/α-hetero) is 1. The van der Waals surface area contributed by atoms with Gasteiger partial charge in [-0.05, 0) is 25.5 Å². The Balaban J connectivity index is 2.05. The molecule has 1 aromatic rings. The molecule has 0 amide bonds. The molecule has 0 radical (unpaired) electrons. The first-order valence-corrected chi connectivity index (χ1v) is 7.23. The van der Waals surface area contributed by atoms with Crippen LogP contribution in [0.3, 0.4) is 0 Å². The fourth-order valence-corrected chi connectivity index (χ4v) is 2.42. The van der Waals surface area contributed by atoms with Gasteiger partial charge in [0.2, 0.25) is 0 Å². The van der Waals surface area contributed by atoms with Crippen molar-refractivity contribution < 1.29 is 9.53 Å². The maximum absolute atomic E-state index is 11.7. The Morgan fingerprint density at radius 1 is 1.24 bits per heavy atom. The van der Waals surface area contributed by atoms with Crippen molar-refractivity contribution in [2.24, 2.45) is 0 Å². The lowest BCUT2D eigenvalue weighted by molar-refractivity contribution is 0.0756. The van der Waals surface area contributed by atoms with E-state index < -0.39 is 0 Å².